The number of carbonyl (C=O) groups is 3. The van der Waals surface area contributed by atoms with E-state index >= 15 is 0 Å². The number of furan rings is 1. The number of rotatable bonds is 5. The number of primary amides is 1. The van der Waals surface area contributed by atoms with Crippen LogP contribution < -0.4 is 16.4 Å². The van der Waals surface area contributed by atoms with Crippen molar-refractivity contribution in [2.75, 3.05) is 13.1 Å². The quantitative estimate of drug-likeness (QED) is 0.509. The molecule has 5 N–H and O–H groups in total. The van der Waals surface area contributed by atoms with Crippen LogP contribution in [0.25, 0.3) is 0 Å². The molecule has 92 valence electrons. The largest absolute Gasteiger partial charge is 0.478 e. The van der Waals surface area contributed by atoms with Crippen LogP contribution in [0, 0.1) is 0 Å². The van der Waals surface area contributed by atoms with Gasteiger partial charge in [0.2, 0.25) is 0 Å². The monoisotopic (exact) mass is 241 g/mol. The van der Waals surface area contributed by atoms with Gasteiger partial charge >= 0.3 is 12.0 Å². The van der Waals surface area contributed by atoms with E-state index < -0.39 is 17.9 Å². The summed E-state index contributed by atoms with van der Waals surface area (Å²) in [6.07, 6.45) is 0.971. The first-order valence-electron chi connectivity index (χ1n) is 4.64. The van der Waals surface area contributed by atoms with Gasteiger partial charge in [-0.25, -0.2) is 9.59 Å². The van der Waals surface area contributed by atoms with Gasteiger partial charge in [-0.05, 0) is 0 Å². The second-order valence-electron chi connectivity index (χ2n) is 3.05. The topological polar surface area (TPSA) is 135 Å². The number of nitrogens with two attached hydrogens (primary N) is 1. The molecular weight excluding hydrogens is 230 g/mol. The maximum atomic E-state index is 11.4. The van der Waals surface area contributed by atoms with Crippen molar-refractivity contribution >= 4 is 17.9 Å². The molecule has 0 aromatic carbocycles. The second kappa shape index (κ2) is 5.54. The zero-order valence-electron chi connectivity index (χ0n) is 8.73. The molecule has 3 amide bonds. The highest BCUT2D eigenvalue weighted by Gasteiger charge is 2.13. The smallest absolute Gasteiger partial charge is 0.338 e. The number of aromatic carboxylic acids is 1. The molecule has 0 aliphatic heterocycles. The third-order valence-corrected chi connectivity index (χ3v) is 1.78. The Kier molecular flexibility index (Phi) is 4.09. The van der Waals surface area contributed by atoms with Gasteiger partial charge in [0.25, 0.3) is 5.91 Å². The predicted octanol–water partition coefficient (Wildman–Crippen LogP) is -0.624. The van der Waals surface area contributed by atoms with E-state index in [0.29, 0.717) is 0 Å². The standard InChI is InChI=1S/C9H11N3O5/c10-9(16)12-2-1-11-7(13)6-3-5(4-17-6)8(14)15/h3-4H,1-2H2,(H,11,13)(H,14,15)(H3,10,12,16). The molecule has 1 aromatic heterocycles. The number of urea groups is 1. The maximum Gasteiger partial charge on any atom is 0.338 e. The maximum absolute atomic E-state index is 11.4. The second-order valence-corrected chi connectivity index (χ2v) is 3.05. The Balaban J connectivity index is 2.41. The average Bonchev–Trinajstić information content (AvgIpc) is 2.73. The van der Waals surface area contributed by atoms with Gasteiger partial charge in [-0.15, -0.1) is 0 Å². The molecule has 17 heavy (non-hydrogen) atoms. The molecule has 0 radical (unpaired) electrons. The van der Waals surface area contributed by atoms with E-state index in [0.717, 1.165) is 12.3 Å². The molecule has 0 fully saturated rings. The summed E-state index contributed by atoms with van der Waals surface area (Å²) in [5, 5.41) is 13.3. The third-order valence-electron chi connectivity index (χ3n) is 1.78. The molecular formula is C9H11N3O5. The SMILES string of the molecule is NC(=O)NCCNC(=O)c1cc(C(=O)O)co1. The highest BCUT2D eigenvalue weighted by atomic mass is 16.4. The normalized spacial score (nSPS) is 9.65. The van der Waals surface area contributed by atoms with E-state index in [-0.39, 0.29) is 24.4 Å². The van der Waals surface area contributed by atoms with Gasteiger partial charge in [0.1, 0.15) is 6.26 Å². The molecule has 0 atom stereocenters. The molecule has 1 aromatic rings. The fourth-order valence-electron chi connectivity index (χ4n) is 1.02. The van der Waals surface area contributed by atoms with Crippen LogP contribution in [0.5, 0.6) is 0 Å². The Morgan fingerprint density at radius 2 is 1.94 bits per heavy atom. The molecule has 0 bridgehead atoms. The van der Waals surface area contributed by atoms with Crippen LogP contribution in [0.15, 0.2) is 16.7 Å². The molecule has 0 spiro atoms. The van der Waals surface area contributed by atoms with Crippen molar-refractivity contribution in [3.63, 3.8) is 0 Å². The van der Waals surface area contributed by atoms with Crippen LogP contribution in [0.1, 0.15) is 20.9 Å². The number of amides is 3. The molecule has 0 saturated heterocycles. The van der Waals surface area contributed by atoms with Crippen molar-refractivity contribution in [3.05, 3.63) is 23.7 Å². The van der Waals surface area contributed by atoms with Gasteiger partial charge in [-0.3, -0.25) is 4.79 Å². The summed E-state index contributed by atoms with van der Waals surface area (Å²) in [6.45, 7) is 0.332. The lowest BCUT2D eigenvalue weighted by Crippen LogP contribution is -2.37. The number of hydrogen-bond donors (Lipinski definition) is 4. The van der Waals surface area contributed by atoms with Crippen molar-refractivity contribution < 1.29 is 23.9 Å². The molecule has 1 heterocycles. The van der Waals surface area contributed by atoms with Gasteiger partial charge < -0.3 is 25.9 Å². The lowest BCUT2D eigenvalue weighted by Gasteiger charge is -2.02. The first kappa shape index (κ1) is 12.6. The summed E-state index contributed by atoms with van der Waals surface area (Å²) in [5.74, 6) is -1.85. The third kappa shape index (κ3) is 3.86. The Hall–Kier alpha value is -2.51. The summed E-state index contributed by atoms with van der Waals surface area (Å²) < 4.78 is 4.76. The van der Waals surface area contributed by atoms with Crippen molar-refractivity contribution in [1.29, 1.82) is 0 Å². The summed E-state index contributed by atoms with van der Waals surface area (Å²) in [7, 11) is 0. The van der Waals surface area contributed by atoms with E-state index in [1.807, 2.05) is 0 Å². The molecule has 1 rings (SSSR count). The van der Waals surface area contributed by atoms with Crippen molar-refractivity contribution in [1.82, 2.24) is 10.6 Å². The van der Waals surface area contributed by atoms with E-state index in [1.165, 1.54) is 0 Å². The minimum Gasteiger partial charge on any atom is -0.478 e. The van der Waals surface area contributed by atoms with E-state index in [1.54, 1.807) is 0 Å². The van der Waals surface area contributed by atoms with E-state index in [9.17, 15) is 14.4 Å². The molecule has 0 aliphatic rings. The molecule has 0 saturated carbocycles. The fraction of sp³-hybridized carbons (Fsp3) is 0.222. The van der Waals surface area contributed by atoms with Crippen molar-refractivity contribution in [3.8, 4) is 0 Å². The number of carboxylic acids is 1. The van der Waals surface area contributed by atoms with Gasteiger partial charge in [0, 0.05) is 19.2 Å². The van der Waals surface area contributed by atoms with Crippen LogP contribution in [0.3, 0.4) is 0 Å². The molecule has 8 heteroatoms. The van der Waals surface area contributed by atoms with Gasteiger partial charge in [0.05, 0.1) is 5.56 Å². The predicted molar refractivity (Wildman–Crippen MR) is 55.6 cm³/mol. The summed E-state index contributed by atoms with van der Waals surface area (Å²) in [4.78, 5) is 32.2. The molecule has 0 aliphatic carbocycles. The first-order chi connectivity index (χ1) is 8.00. The Morgan fingerprint density at radius 1 is 1.29 bits per heavy atom. The average molecular weight is 241 g/mol. The van der Waals surface area contributed by atoms with Crippen LogP contribution >= 0.6 is 0 Å². The Morgan fingerprint density at radius 3 is 2.47 bits per heavy atom. The first-order valence-corrected chi connectivity index (χ1v) is 4.64. The van der Waals surface area contributed by atoms with Crippen LogP contribution in [-0.4, -0.2) is 36.1 Å². The Labute approximate surface area is 95.8 Å². The Bertz CT molecular complexity index is 440. The van der Waals surface area contributed by atoms with E-state index in [2.05, 4.69) is 10.6 Å². The van der Waals surface area contributed by atoms with E-state index in [4.69, 9.17) is 15.3 Å². The minimum absolute atomic E-state index is 0.106. The summed E-state index contributed by atoms with van der Waals surface area (Å²) in [5.41, 5.74) is 4.70. The minimum atomic E-state index is -1.18. The number of carbonyl (C=O) groups excluding carboxylic acids is 2. The summed E-state index contributed by atoms with van der Waals surface area (Å²) in [6, 6.07) is 0.421. The van der Waals surface area contributed by atoms with Crippen LogP contribution in [0.2, 0.25) is 0 Å². The number of hydrogen-bond acceptors (Lipinski definition) is 4. The highest BCUT2D eigenvalue weighted by Crippen LogP contribution is 2.07. The van der Waals surface area contributed by atoms with Gasteiger partial charge in [-0.2, -0.15) is 0 Å². The van der Waals surface area contributed by atoms with Crippen molar-refractivity contribution in [2.45, 2.75) is 0 Å². The lowest BCUT2D eigenvalue weighted by molar-refractivity contribution is 0.0695. The van der Waals surface area contributed by atoms with Gasteiger partial charge in [-0.1, -0.05) is 0 Å². The number of carboxylic acid groups (broad SMARTS) is 1. The zero-order valence-corrected chi connectivity index (χ0v) is 8.73. The van der Waals surface area contributed by atoms with Crippen molar-refractivity contribution in [2.24, 2.45) is 5.73 Å². The number of nitrogens with one attached hydrogen (secondary N) is 2. The zero-order chi connectivity index (χ0) is 12.8. The van der Waals surface area contributed by atoms with Gasteiger partial charge in [0.15, 0.2) is 5.76 Å². The molecule has 0 unspecified atom stereocenters. The lowest BCUT2D eigenvalue weighted by atomic mass is 10.3. The molecule has 8 nitrogen and oxygen atoms in total. The summed E-state index contributed by atoms with van der Waals surface area (Å²) >= 11 is 0. The fourth-order valence-corrected chi connectivity index (χ4v) is 1.02. The highest BCUT2D eigenvalue weighted by molar-refractivity contribution is 5.95. The van der Waals surface area contributed by atoms with Crippen LogP contribution in [0.4, 0.5) is 4.79 Å². The van der Waals surface area contributed by atoms with Crippen LogP contribution in [-0.2, 0) is 0 Å².